The summed E-state index contributed by atoms with van der Waals surface area (Å²) in [5.74, 6) is 0.743. The zero-order valence-corrected chi connectivity index (χ0v) is 11.5. The molecule has 0 aliphatic carbocycles. The number of esters is 1. The van der Waals surface area contributed by atoms with E-state index in [1.165, 1.54) is 0 Å². The molecule has 0 bridgehead atoms. The molecule has 2 atom stereocenters. The van der Waals surface area contributed by atoms with Crippen LogP contribution in [0.3, 0.4) is 0 Å². The first-order valence-corrected chi connectivity index (χ1v) is 6.86. The molecule has 0 saturated carbocycles. The van der Waals surface area contributed by atoms with Crippen LogP contribution in [-0.4, -0.2) is 25.2 Å². The molecule has 4 heteroatoms. The van der Waals surface area contributed by atoms with Gasteiger partial charge in [-0.25, -0.2) is 0 Å². The third-order valence-corrected chi connectivity index (χ3v) is 3.24. The fraction of sp³-hybridized carbons (Fsp3) is 0.533. The molecule has 2 unspecified atom stereocenters. The molecule has 1 heterocycles. The van der Waals surface area contributed by atoms with Crippen LogP contribution in [0.15, 0.2) is 24.3 Å². The van der Waals surface area contributed by atoms with Crippen LogP contribution in [0, 0.1) is 0 Å². The Balaban J connectivity index is 1.91. The van der Waals surface area contributed by atoms with Crippen LogP contribution in [-0.2, 0) is 9.53 Å². The summed E-state index contributed by atoms with van der Waals surface area (Å²) in [5.41, 5.74) is 1.14. The van der Waals surface area contributed by atoms with Gasteiger partial charge in [0.2, 0.25) is 0 Å². The number of carbonyl (C=O) groups is 1. The molecule has 4 nitrogen and oxygen atoms in total. The first kappa shape index (κ1) is 13.9. The van der Waals surface area contributed by atoms with E-state index in [-0.39, 0.29) is 18.1 Å². The number of cyclic esters (lactones) is 1. The van der Waals surface area contributed by atoms with Crippen LogP contribution in [0.5, 0.6) is 5.75 Å². The quantitative estimate of drug-likeness (QED) is 0.801. The molecule has 0 spiro atoms. The second kappa shape index (κ2) is 6.57. The standard InChI is InChI=1S/C15H21NO3/c1-3-9-18-13-6-4-12(5-7-13)11(2)16-14-8-10-19-15(14)17/h4-7,11,14,16H,3,8-10H2,1-2H3. The molecular formula is C15H21NO3. The highest BCUT2D eigenvalue weighted by atomic mass is 16.5. The average molecular weight is 263 g/mol. The minimum Gasteiger partial charge on any atom is -0.494 e. The van der Waals surface area contributed by atoms with E-state index >= 15 is 0 Å². The van der Waals surface area contributed by atoms with E-state index in [0.29, 0.717) is 6.61 Å². The fourth-order valence-corrected chi connectivity index (χ4v) is 2.12. The number of nitrogens with one attached hydrogen (secondary N) is 1. The van der Waals surface area contributed by atoms with Gasteiger partial charge >= 0.3 is 5.97 Å². The molecule has 1 N–H and O–H groups in total. The Morgan fingerprint density at radius 3 is 2.74 bits per heavy atom. The van der Waals surface area contributed by atoms with Crippen molar-refractivity contribution in [3.63, 3.8) is 0 Å². The summed E-state index contributed by atoms with van der Waals surface area (Å²) in [6, 6.07) is 7.94. The lowest BCUT2D eigenvalue weighted by molar-refractivity contribution is -0.139. The van der Waals surface area contributed by atoms with E-state index in [1.54, 1.807) is 0 Å². The van der Waals surface area contributed by atoms with E-state index in [1.807, 2.05) is 31.2 Å². The highest BCUT2D eigenvalue weighted by Gasteiger charge is 2.27. The second-order valence-corrected chi connectivity index (χ2v) is 4.81. The van der Waals surface area contributed by atoms with Crippen molar-refractivity contribution >= 4 is 5.97 Å². The Hall–Kier alpha value is -1.55. The van der Waals surface area contributed by atoms with Gasteiger partial charge in [-0.05, 0) is 31.0 Å². The van der Waals surface area contributed by atoms with Crippen molar-refractivity contribution in [2.75, 3.05) is 13.2 Å². The third-order valence-electron chi connectivity index (χ3n) is 3.24. The minimum absolute atomic E-state index is 0.121. The van der Waals surface area contributed by atoms with Crippen LogP contribution in [0.2, 0.25) is 0 Å². The maximum absolute atomic E-state index is 11.4. The highest BCUT2D eigenvalue weighted by Crippen LogP contribution is 2.19. The van der Waals surface area contributed by atoms with Crippen LogP contribution in [0.25, 0.3) is 0 Å². The van der Waals surface area contributed by atoms with Gasteiger partial charge in [0.15, 0.2) is 0 Å². The third kappa shape index (κ3) is 3.70. The van der Waals surface area contributed by atoms with Crippen LogP contribution >= 0.6 is 0 Å². The molecule has 0 radical (unpaired) electrons. The smallest absolute Gasteiger partial charge is 0.323 e. The Labute approximate surface area is 114 Å². The van der Waals surface area contributed by atoms with Gasteiger partial charge in [0.05, 0.1) is 13.2 Å². The molecule has 1 aromatic carbocycles. The van der Waals surface area contributed by atoms with Gasteiger partial charge in [-0.3, -0.25) is 10.1 Å². The van der Waals surface area contributed by atoms with Gasteiger partial charge in [0.1, 0.15) is 11.8 Å². The number of hydrogen-bond acceptors (Lipinski definition) is 4. The molecule has 1 fully saturated rings. The lowest BCUT2D eigenvalue weighted by Crippen LogP contribution is -2.34. The Morgan fingerprint density at radius 2 is 2.16 bits per heavy atom. The van der Waals surface area contributed by atoms with Crippen molar-refractivity contribution in [3.05, 3.63) is 29.8 Å². The molecule has 1 saturated heterocycles. The predicted octanol–water partition coefficient (Wildman–Crippen LogP) is 2.44. The Kier molecular flexibility index (Phi) is 4.80. The molecule has 0 amide bonds. The van der Waals surface area contributed by atoms with Gasteiger partial charge < -0.3 is 9.47 Å². The zero-order chi connectivity index (χ0) is 13.7. The van der Waals surface area contributed by atoms with E-state index in [4.69, 9.17) is 9.47 Å². The highest BCUT2D eigenvalue weighted by molar-refractivity contribution is 5.77. The maximum atomic E-state index is 11.4. The summed E-state index contributed by atoms with van der Waals surface area (Å²) in [6.07, 6.45) is 1.75. The average Bonchev–Trinajstić information content (AvgIpc) is 2.82. The SMILES string of the molecule is CCCOc1ccc(C(C)NC2CCOC2=O)cc1. The predicted molar refractivity (Wildman–Crippen MR) is 73.1 cm³/mol. The largest absolute Gasteiger partial charge is 0.494 e. The van der Waals surface area contributed by atoms with E-state index < -0.39 is 0 Å². The molecule has 1 aromatic rings. The van der Waals surface area contributed by atoms with E-state index in [2.05, 4.69) is 12.2 Å². The lowest BCUT2D eigenvalue weighted by atomic mass is 10.1. The number of hydrogen-bond donors (Lipinski definition) is 1. The molecule has 1 aliphatic rings. The van der Waals surface area contributed by atoms with Gasteiger partial charge in [-0.15, -0.1) is 0 Å². The Morgan fingerprint density at radius 1 is 1.42 bits per heavy atom. The summed E-state index contributed by atoms with van der Waals surface area (Å²) in [5, 5.41) is 3.29. The Bertz CT molecular complexity index is 416. The number of rotatable bonds is 6. The zero-order valence-electron chi connectivity index (χ0n) is 11.5. The summed E-state index contributed by atoms with van der Waals surface area (Å²) in [6.45, 7) is 5.39. The maximum Gasteiger partial charge on any atom is 0.323 e. The van der Waals surface area contributed by atoms with Crippen molar-refractivity contribution in [2.45, 2.75) is 38.8 Å². The van der Waals surface area contributed by atoms with E-state index in [0.717, 1.165) is 30.8 Å². The molecule has 104 valence electrons. The fourth-order valence-electron chi connectivity index (χ4n) is 2.12. The van der Waals surface area contributed by atoms with Crippen molar-refractivity contribution in [2.24, 2.45) is 0 Å². The number of benzene rings is 1. The number of carbonyl (C=O) groups excluding carboxylic acids is 1. The van der Waals surface area contributed by atoms with E-state index in [9.17, 15) is 4.79 Å². The molecule has 2 rings (SSSR count). The van der Waals surface area contributed by atoms with Crippen LogP contribution < -0.4 is 10.1 Å². The molecular weight excluding hydrogens is 242 g/mol. The molecule has 1 aliphatic heterocycles. The van der Waals surface area contributed by atoms with Gasteiger partial charge in [0, 0.05) is 12.5 Å². The molecule has 19 heavy (non-hydrogen) atoms. The van der Waals surface area contributed by atoms with Crippen molar-refractivity contribution in [3.8, 4) is 5.75 Å². The summed E-state index contributed by atoms with van der Waals surface area (Å²) >= 11 is 0. The summed E-state index contributed by atoms with van der Waals surface area (Å²) < 4.78 is 10.5. The van der Waals surface area contributed by atoms with Crippen LogP contribution in [0.4, 0.5) is 0 Å². The van der Waals surface area contributed by atoms with Gasteiger partial charge in [-0.1, -0.05) is 19.1 Å². The summed E-state index contributed by atoms with van der Waals surface area (Å²) in [7, 11) is 0. The lowest BCUT2D eigenvalue weighted by Gasteiger charge is -2.17. The van der Waals surface area contributed by atoms with Gasteiger partial charge in [0.25, 0.3) is 0 Å². The van der Waals surface area contributed by atoms with Crippen molar-refractivity contribution < 1.29 is 14.3 Å². The topological polar surface area (TPSA) is 47.6 Å². The van der Waals surface area contributed by atoms with Crippen molar-refractivity contribution in [1.29, 1.82) is 0 Å². The first-order chi connectivity index (χ1) is 9.20. The van der Waals surface area contributed by atoms with Gasteiger partial charge in [-0.2, -0.15) is 0 Å². The molecule has 0 aromatic heterocycles. The van der Waals surface area contributed by atoms with Crippen LogP contribution in [0.1, 0.15) is 38.3 Å². The second-order valence-electron chi connectivity index (χ2n) is 4.81. The normalized spacial score (nSPS) is 20.1. The monoisotopic (exact) mass is 263 g/mol. The summed E-state index contributed by atoms with van der Waals surface area (Å²) in [4.78, 5) is 11.4. The number of ether oxygens (including phenoxy) is 2. The first-order valence-electron chi connectivity index (χ1n) is 6.86. The van der Waals surface area contributed by atoms with Crippen molar-refractivity contribution in [1.82, 2.24) is 5.32 Å². The minimum atomic E-state index is -0.175.